The average Bonchev–Trinajstić information content (AvgIpc) is 3.13. The van der Waals surface area contributed by atoms with Crippen molar-refractivity contribution in [3.63, 3.8) is 0 Å². The molecular formula is C26H37ClFNO4. The van der Waals surface area contributed by atoms with Gasteiger partial charge in [0.2, 0.25) is 0 Å². The van der Waals surface area contributed by atoms with Crippen molar-refractivity contribution in [2.45, 2.75) is 81.6 Å². The Morgan fingerprint density at radius 1 is 1.30 bits per heavy atom. The quantitative estimate of drug-likeness (QED) is 0.667. The molecule has 6 aliphatic rings. The number of methoxy groups -OCH3 is 1. The summed E-state index contributed by atoms with van der Waals surface area (Å²) in [4.78, 5) is 2.53. The van der Waals surface area contributed by atoms with Gasteiger partial charge in [0.1, 0.15) is 11.7 Å². The Morgan fingerprint density at radius 3 is 2.73 bits per heavy atom. The zero-order valence-corrected chi connectivity index (χ0v) is 20.9. The Labute approximate surface area is 202 Å². The largest absolute Gasteiger partial charge is 0.504 e. The van der Waals surface area contributed by atoms with E-state index in [4.69, 9.17) is 9.47 Å². The van der Waals surface area contributed by atoms with Crippen LogP contribution in [0.25, 0.3) is 0 Å². The molecule has 0 radical (unpaired) electrons. The molecule has 2 aliphatic heterocycles. The van der Waals surface area contributed by atoms with Gasteiger partial charge in [0.05, 0.1) is 12.3 Å². The minimum absolute atomic E-state index is 0. The second kappa shape index (κ2) is 7.22. The first kappa shape index (κ1) is 23.7. The van der Waals surface area contributed by atoms with Crippen LogP contribution in [0.1, 0.15) is 57.6 Å². The Bertz CT molecular complexity index is 968. The predicted molar refractivity (Wildman–Crippen MR) is 126 cm³/mol. The first-order valence-corrected chi connectivity index (χ1v) is 12.2. The lowest BCUT2D eigenvalue weighted by Crippen LogP contribution is -2.82. The number of aliphatic hydroxyl groups is 1. The maximum absolute atomic E-state index is 13.5. The van der Waals surface area contributed by atoms with Gasteiger partial charge in [0, 0.05) is 42.0 Å². The third-order valence-corrected chi connectivity index (χ3v) is 10.1. The van der Waals surface area contributed by atoms with E-state index in [0.717, 1.165) is 45.2 Å². The molecule has 33 heavy (non-hydrogen) atoms. The van der Waals surface area contributed by atoms with Crippen molar-refractivity contribution in [3.8, 4) is 11.5 Å². The highest BCUT2D eigenvalue weighted by atomic mass is 35.5. The average molecular weight is 481 g/mol. The Morgan fingerprint density at radius 2 is 2.06 bits per heavy atom. The van der Waals surface area contributed by atoms with Gasteiger partial charge in [-0.25, -0.2) is 0 Å². The van der Waals surface area contributed by atoms with Gasteiger partial charge in [-0.1, -0.05) is 13.0 Å². The van der Waals surface area contributed by atoms with Gasteiger partial charge in [-0.3, -0.25) is 9.29 Å². The molecule has 7 atom stereocenters. The molecule has 4 aliphatic carbocycles. The van der Waals surface area contributed by atoms with Gasteiger partial charge >= 0.3 is 0 Å². The van der Waals surface area contributed by atoms with Crippen molar-refractivity contribution >= 4 is 12.4 Å². The van der Waals surface area contributed by atoms with Crippen LogP contribution in [-0.2, 0) is 16.6 Å². The highest BCUT2D eigenvalue weighted by Crippen LogP contribution is 2.77. The molecule has 0 aromatic heterocycles. The number of benzene rings is 1. The van der Waals surface area contributed by atoms with E-state index < -0.39 is 11.2 Å². The molecule has 7 heteroatoms. The van der Waals surface area contributed by atoms with Crippen LogP contribution in [0.5, 0.6) is 11.5 Å². The summed E-state index contributed by atoms with van der Waals surface area (Å²) in [6.45, 7) is 7.14. The SMILES string of the molecule is CO[C@]12CC[C@@]3(C[C@@H]1C(C)(C)O)[C@H]1Cc4ccc(O)c5c4[C@@]3(CCN1C[C@H](C)C[18F])[C@H]2O5.Cl. The third-order valence-electron chi connectivity index (χ3n) is 10.1. The number of halogens is 2. The van der Waals surface area contributed by atoms with Gasteiger partial charge in [0.15, 0.2) is 11.5 Å². The standard InChI is InChI=1S/C26H36FNO4.ClH/c1-15(13-27)14-28-10-9-25-20-16-5-6-17(29)21(20)32-22(25)26(31-4)8-7-24(25,19(28)11-16)12-18(26)23(2,3)30;/h5-6,15,18-19,22,29-30H,7-14H2,1-4H3;1H/t15-,18-,19-,22-,24-,25+,26-;/m1./s1/i27-1;. The molecule has 4 fully saturated rings. The summed E-state index contributed by atoms with van der Waals surface area (Å²) in [6.07, 6.45) is 4.27. The van der Waals surface area contributed by atoms with Crippen LogP contribution in [0.4, 0.5) is 4.39 Å². The molecule has 2 heterocycles. The van der Waals surface area contributed by atoms with E-state index in [1.807, 2.05) is 20.8 Å². The van der Waals surface area contributed by atoms with Crippen LogP contribution in [-0.4, -0.2) is 65.3 Å². The van der Waals surface area contributed by atoms with Crippen LogP contribution in [0.15, 0.2) is 12.1 Å². The first-order chi connectivity index (χ1) is 15.1. The van der Waals surface area contributed by atoms with E-state index in [1.165, 1.54) is 11.1 Å². The molecule has 0 unspecified atom stereocenters. The number of alkyl halides is 1. The minimum atomic E-state index is -0.920. The summed E-state index contributed by atoms with van der Waals surface area (Å²) in [6, 6.07) is 4.11. The Hall–Kier alpha value is -1.08. The van der Waals surface area contributed by atoms with Crippen LogP contribution in [0.3, 0.4) is 0 Å². The van der Waals surface area contributed by atoms with E-state index >= 15 is 0 Å². The molecule has 0 amide bonds. The summed E-state index contributed by atoms with van der Waals surface area (Å²) in [5.74, 6) is 0.773. The van der Waals surface area contributed by atoms with Crippen molar-refractivity contribution in [2.75, 3.05) is 26.9 Å². The summed E-state index contributed by atoms with van der Waals surface area (Å²) in [5, 5.41) is 22.2. The number of nitrogens with zero attached hydrogens (tertiary/aromatic N) is 1. The molecule has 2 N–H and O–H groups in total. The summed E-state index contributed by atoms with van der Waals surface area (Å²) in [7, 11) is 1.76. The first-order valence-electron chi connectivity index (χ1n) is 12.2. The number of hydrogen-bond acceptors (Lipinski definition) is 5. The monoisotopic (exact) mass is 480 g/mol. The number of piperidine rings is 1. The fourth-order valence-electron chi connectivity index (χ4n) is 9.05. The minimum Gasteiger partial charge on any atom is -0.504 e. The maximum Gasteiger partial charge on any atom is 0.165 e. The molecule has 5 nitrogen and oxygen atoms in total. The lowest BCUT2D eigenvalue weighted by molar-refractivity contribution is -0.300. The van der Waals surface area contributed by atoms with Crippen LogP contribution < -0.4 is 4.74 Å². The molecule has 2 spiro atoms. The molecule has 7 rings (SSSR count). The predicted octanol–water partition coefficient (Wildman–Crippen LogP) is 4.01. The van der Waals surface area contributed by atoms with Gasteiger partial charge in [0.25, 0.3) is 0 Å². The third kappa shape index (κ3) is 2.59. The molecule has 3 saturated carbocycles. The summed E-state index contributed by atoms with van der Waals surface area (Å²) in [5.41, 5.74) is 0.628. The van der Waals surface area contributed by atoms with Crippen LogP contribution in [0.2, 0.25) is 0 Å². The number of rotatable bonds is 5. The van der Waals surface area contributed by atoms with Crippen molar-refractivity contribution in [3.05, 3.63) is 23.3 Å². The Balaban J connectivity index is 0.00000228. The fraction of sp³-hybridized carbons (Fsp3) is 0.769. The molecule has 1 saturated heterocycles. The normalized spacial score (nSPS) is 41.2. The number of hydrogen-bond donors (Lipinski definition) is 2. The number of fused-ring (bicyclic) bond motifs is 2. The zero-order valence-electron chi connectivity index (χ0n) is 20.1. The zero-order chi connectivity index (χ0) is 22.7. The summed E-state index contributed by atoms with van der Waals surface area (Å²) < 4.78 is 26.6. The van der Waals surface area contributed by atoms with Gasteiger partial charge in [-0.15, -0.1) is 12.4 Å². The fourth-order valence-corrected chi connectivity index (χ4v) is 9.05. The second-order valence-corrected chi connectivity index (χ2v) is 11.9. The van der Waals surface area contributed by atoms with Crippen molar-refractivity contribution in [1.82, 2.24) is 4.90 Å². The number of likely N-dealkylation sites (tertiary alicyclic amines) is 1. The van der Waals surface area contributed by atoms with Crippen molar-refractivity contribution in [2.24, 2.45) is 17.3 Å². The Kier molecular flexibility index (Phi) is 5.17. The van der Waals surface area contributed by atoms with E-state index in [1.54, 1.807) is 13.2 Å². The van der Waals surface area contributed by atoms with E-state index in [9.17, 15) is 14.6 Å². The molecule has 184 valence electrons. The summed E-state index contributed by atoms with van der Waals surface area (Å²) >= 11 is 0. The molecule has 4 bridgehead atoms. The van der Waals surface area contributed by atoms with Crippen LogP contribution in [0, 0.1) is 17.3 Å². The van der Waals surface area contributed by atoms with Crippen molar-refractivity contribution < 1.29 is 24.1 Å². The van der Waals surface area contributed by atoms with Gasteiger partial charge < -0.3 is 19.7 Å². The molecular weight excluding hydrogens is 444 g/mol. The molecule has 1 aromatic carbocycles. The highest BCUT2D eigenvalue weighted by Gasteiger charge is 2.81. The van der Waals surface area contributed by atoms with Crippen LogP contribution >= 0.6 is 12.4 Å². The van der Waals surface area contributed by atoms with E-state index in [2.05, 4.69) is 11.0 Å². The van der Waals surface area contributed by atoms with E-state index in [0.29, 0.717) is 5.75 Å². The number of aromatic hydroxyl groups is 1. The lowest BCUT2D eigenvalue weighted by atomic mass is 9.34. The lowest BCUT2D eigenvalue weighted by Gasteiger charge is -2.75. The highest BCUT2D eigenvalue weighted by molar-refractivity contribution is 5.85. The van der Waals surface area contributed by atoms with Gasteiger partial charge in [-0.2, -0.15) is 0 Å². The smallest absolute Gasteiger partial charge is 0.165 e. The van der Waals surface area contributed by atoms with E-state index in [-0.39, 0.29) is 59.6 Å². The molecule has 1 aromatic rings. The van der Waals surface area contributed by atoms with Crippen molar-refractivity contribution in [1.29, 1.82) is 0 Å². The number of phenolic OH excluding ortho intramolecular Hbond substituents is 1. The van der Waals surface area contributed by atoms with Gasteiger partial charge in [-0.05, 0) is 70.0 Å². The second-order valence-electron chi connectivity index (χ2n) is 11.9. The maximum atomic E-state index is 13.5. The topological polar surface area (TPSA) is 62.2 Å². The number of phenols is 1. The number of ether oxygens (including phenoxy) is 2.